The molecule has 1 rings (SSSR count). The number of nitrogen functional groups attached to an aromatic ring is 1. The Morgan fingerprint density at radius 1 is 1.38 bits per heavy atom. The highest BCUT2D eigenvalue weighted by Gasteiger charge is 2.19. The lowest BCUT2D eigenvalue weighted by atomic mass is 9.89. The number of benzene rings is 1. The van der Waals surface area contributed by atoms with Gasteiger partial charge in [0, 0.05) is 25.9 Å². The van der Waals surface area contributed by atoms with E-state index in [2.05, 4.69) is 23.9 Å². The van der Waals surface area contributed by atoms with Gasteiger partial charge in [-0.15, -0.1) is 0 Å². The molecule has 0 fully saturated rings. The molecular formula is C15H23FN2O3. The molecule has 118 valence electrons. The molecule has 6 heteroatoms. The van der Waals surface area contributed by atoms with Gasteiger partial charge in [0.2, 0.25) is 0 Å². The first-order valence-electron chi connectivity index (χ1n) is 6.71. The number of rotatable bonds is 7. The monoisotopic (exact) mass is 298 g/mol. The van der Waals surface area contributed by atoms with Gasteiger partial charge in [-0.25, -0.2) is 9.18 Å². The van der Waals surface area contributed by atoms with E-state index in [4.69, 9.17) is 10.5 Å². The zero-order chi connectivity index (χ0) is 16.0. The van der Waals surface area contributed by atoms with Crippen molar-refractivity contribution in [2.75, 3.05) is 38.4 Å². The molecular weight excluding hydrogens is 275 g/mol. The molecule has 5 nitrogen and oxygen atoms in total. The van der Waals surface area contributed by atoms with Crippen LogP contribution in [-0.2, 0) is 9.47 Å². The van der Waals surface area contributed by atoms with E-state index in [0.717, 1.165) is 12.5 Å². The lowest BCUT2D eigenvalue weighted by Gasteiger charge is -2.25. The van der Waals surface area contributed by atoms with Crippen molar-refractivity contribution in [3.63, 3.8) is 0 Å². The van der Waals surface area contributed by atoms with Crippen LogP contribution in [0.25, 0.3) is 0 Å². The van der Waals surface area contributed by atoms with Gasteiger partial charge in [0.05, 0.1) is 18.4 Å². The minimum absolute atomic E-state index is 0.0588. The van der Waals surface area contributed by atoms with E-state index in [9.17, 15) is 9.18 Å². The van der Waals surface area contributed by atoms with E-state index in [1.54, 1.807) is 7.11 Å². The normalized spacial score (nSPS) is 11.3. The van der Waals surface area contributed by atoms with Gasteiger partial charge in [-0.3, -0.25) is 0 Å². The molecule has 0 saturated heterocycles. The topological polar surface area (TPSA) is 73.6 Å². The Morgan fingerprint density at radius 3 is 2.62 bits per heavy atom. The molecule has 0 spiro atoms. The average molecular weight is 298 g/mol. The summed E-state index contributed by atoms with van der Waals surface area (Å²) in [6.45, 7) is 5.27. The van der Waals surface area contributed by atoms with Crippen molar-refractivity contribution in [2.45, 2.75) is 20.3 Å². The van der Waals surface area contributed by atoms with Crippen LogP contribution in [0, 0.1) is 11.2 Å². The van der Waals surface area contributed by atoms with Crippen LogP contribution in [0.4, 0.5) is 15.8 Å². The van der Waals surface area contributed by atoms with Crippen LogP contribution >= 0.6 is 0 Å². The summed E-state index contributed by atoms with van der Waals surface area (Å²) in [5.74, 6) is -1.09. The average Bonchev–Trinajstić information content (AvgIpc) is 2.43. The van der Waals surface area contributed by atoms with Crippen LogP contribution in [0.2, 0.25) is 0 Å². The number of hydrogen-bond acceptors (Lipinski definition) is 5. The standard InChI is InChI=1S/C15H23FN2O3/c1-15(2,5-6-20-3)9-18-13-7-10(14(19)21-4)12(17)8-11(13)16/h7-8,18H,5-6,9,17H2,1-4H3. The van der Waals surface area contributed by atoms with Crippen molar-refractivity contribution < 1.29 is 18.7 Å². The Labute approximate surface area is 124 Å². The number of hydrogen-bond donors (Lipinski definition) is 2. The predicted molar refractivity (Wildman–Crippen MR) is 80.9 cm³/mol. The molecule has 0 amide bonds. The van der Waals surface area contributed by atoms with Crippen LogP contribution in [0.1, 0.15) is 30.6 Å². The fourth-order valence-corrected chi connectivity index (χ4v) is 1.81. The molecule has 0 saturated carbocycles. The van der Waals surface area contributed by atoms with Crippen LogP contribution in [0.15, 0.2) is 12.1 Å². The third-order valence-corrected chi connectivity index (χ3v) is 3.28. The Morgan fingerprint density at radius 2 is 2.05 bits per heavy atom. The van der Waals surface area contributed by atoms with Gasteiger partial charge < -0.3 is 20.5 Å². The minimum Gasteiger partial charge on any atom is -0.465 e. The number of ether oxygens (including phenoxy) is 2. The number of halogens is 1. The summed E-state index contributed by atoms with van der Waals surface area (Å²) in [5, 5.41) is 3.01. The first-order valence-corrected chi connectivity index (χ1v) is 6.71. The summed E-state index contributed by atoms with van der Waals surface area (Å²) in [7, 11) is 2.90. The van der Waals surface area contributed by atoms with Crippen molar-refractivity contribution >= 4 is 17.3 Å². The van der Waals surface area contributed by atoms with E-state index in [1.807, 2.05) is 0 Å². The number of carbonyl (C=O) groups excluding carboxylic acids is 1. The highest BCUT2D eigenvalue weighted by molar-refractivity contribution is 5.96. The minimum atomic E-state index is -0.589. The molecule has 1 aromatic rings. The molecule has 0 atom stereocenters. The summed E-state index contributed by atoms with van der Waals surface area (Å²) in [6, 6.07) is 2.50. The Balaban J connectivity index is 2.86. The number of methoxy groups -OCH3 is 2. The summed E-state index contributed by atoms with van der Waals surface area (Å²) < 4.78 is 23.6. The number of carbonyl (C=O) groups is 1. The van der Waals surface area contributed by atoms with E-state index < -0.39 is 11.8 Å². The van der Waals surface area contributed by atoms with Gasteiger partial charge in [0.25, 0.3) is 0 Å². The number of nitrogens with two attached hydrogens (primary N) is 1. The molecule has 0 aliphatic heterocycles. The van der Waals surface area contributed by atoms with Gasteiger partial charge in [-0.05, 0) is 24.0 Å². The summed E-state index contributed by atoms with van der Waals surface area (Å²) in [5.41, 5.74) is 5.99. The van der Waals surface area contributed by atoms with E-state index in [-0.39, 0.29) is 22.4 Å². The summed E-state index contributed by atoms with van der Waals surface area (Å²) in [6.07, 6.45) is 0.830. The van der Waals surface area contributed by atoms with Crippen molar-refractivity contribution in [3.05, 3.63) is 23.5 Å². The Bertz CT molecular complexity index is 504. The molecule has 3 N–H and O–H groups in total. The van der Waals surface area contributed by atoms with Gasteiger partial charge in [0.15, 0.2) is 0 Å². The van der Waals surface area contributed by atoms with Crippen molar-refractivity contribution in [3.8, 4) is 0 Å². The Hall–Kier alpha value is -1.82. The molecule has 0 aliphatic rings. The largest absolute Gasteiger partial charge is 0.465 e. The molecule has 0 bridgehead atoms. The van der Waals surface area contributed by atoms with Gasteiger partial charge >= 0.3 is 5.97 Å². The second kappa shape index (κ2) is 7.26. The fourth-order valence-electron chi connectivity index (χ4n) is 1.81. The quantitative estimate of drug-likeness (QED) is 0.598. The molecule has 0 aromatic heterocycles. The third-order valence-electron chi connectivity index (χ3n) is 3.28. The molecule has 1 aromatic carbocycles. The highest BCUT2D eigenvalue weighted by atomic mass is 19.1. The second-order valence-electron chi connectivity index (χ2n) is 5.67. The lowest BCUT2D eigenvalue weighted by Crippen LogP contribution is -2.25. The van der Waals surface area contributed by atoms with Crippen LogP contribution < -0.4 is 11.1 Å². The van der Waals surface area contributed by atoms with Gasteiger partial charge in [-0.1, -0.05) is 13.8 Å². The first kappa shape index (κ1) is 17.2. The Kier molecular flexibility index (Phi) is 5.96. The molecule has 0 unspecified atom stereocenters. The van der Waals surface area contributed by atoms with E-state index >= 15 is 0 Å². The predicted octanol–water partition coefficient (Wildman–Crippen LogP) is 2.67. The van der Waals surface area contributed by atoms with E-state index in [1.165, 1.54) is 13.2 Å². The van der Waals surface area contributed by atoms with Crippen molar-refractivity contribution in [1.82, 2.24) is 0 Å². The zero-order valence-corrected chi connectivity index (χ0v) is 13.0. The lowest BCUT2D eigenvalue weighted by molar-refractivity contribution is 0.0602. The maximum Gasteiger partial charge on any atom is 0.340 e. The fraction of sp³-hybridized carbons (Fsp3) is 0.533. The van der Waals surface area contributed by atoms with Crippen LogP contribution in [0.3, 0.4) is 0 Å². The maximum atomic E-state index is 13.9. The van der Waals surface area contributed by atoms with Gasteiger partial charge in [0.1, 0.15) is 5.82 Å². The van der Waals surface area contributed by atoms with E-state index in [0.29, 0.717) is 13.2 Å². The molecule has 21 heavy (non-hydrogen) atoms. The van der Waals surface area contributed by atoms with Crippen LogP contribution in [-0.4, -0.2) is 33.3 Å². The van der Waals surface area contributed by atoms with Gasteiger partial charge in [-0.2, -0.15) is 0 Å². The summed E-state index contributed by atoms with van der Waals surface area (Å²) in [4.78, 5) is 11.6. The second-order valence-corrected chi connectivity index (χ2v) is 5.67. The molecule has 0 heterocycles. The maximum absolute atomic E-state index is 13.9. The number of esters is 1. The molecule has 0 aliphatic carbocycles. The highest BCUT2D eigenvalue weighted by Crippen LogP contribution is 2.26. The number of nitrogens with one attached hydrogen (secondary N) is 1. The third kappa shape index (κ3) is 4.90. The van der Waals surface area contributed by atoms with Crippen LogP contribution in [0.5, 0.6) is 0 Å². The summed E-state index contributed by atoms with van der Waals surface area (Å²) >= 11 is 0. The smallest absolute Gasteiger partial charge is 0.340 e. The SMILES string of the molecule is COCCC(C)(C)CNc1cc(C(=O)OC)c(N)cc1F. The number of anilines is 2. The van der Waals surface area contributed by atoms with Crippen molar-refractivity contribution in [2.24, 2.45) is 5.41 Å². The first-order chi connectivity index (χ1) is 9.80. The zero-order valence-electron chi connectivity index (χ0n) is 13.0. The van der Waals surface area contributed by atoms with Crippen molar-refractivity contribution in [1.29, 1.82) is 0 Å². The molecule has 0 radical (unpaired) electrons.